The molecule has 0 amide bonds. The minimum atomic E-state index is 0.628. The first-order valence-corrected chi connectivity index (χ1v) is 19.0. The van der Waals surface area contributed by atoms with Gasteiger partial charge in [0.2, 0.25) is 5.89 Å². The number of rotatable bonds is 6. The molecule has 10 aromatic carbocycles. The van der Waals surface area contributed by atoms with Crippen LogP contribution in [0.3, 0.4) is 0 Å². The fourth-order valence-electron chi connectivity index (χ4n) is 8.29. The lowest BCUT2D eigenvalue weighted by molar-refractivity contribution is 0.623. The van der Waals surface area contributed by atoms with Crippen molar-refractivity contribution in [2.45, 2.75) is 0 Å². The zero-order chi connectivity index (χ0) is 37.0. The summed E-state index contributed by atoms with van der Waals surface area (Å²) in [4.78, 5) is 7.33. The fraction of sp³-hybridized carbons (Fsp3) is 0. The first-order chi connectivity index (χ1) is 27.7. The molecule has 262 valence electrons. The molecule has 0 saturated heterocycles. The van der Waals surface area contributed by atoms with E-state index < -0.39 is 0 Å². The molecule has 0 fully saturated rings. The molecule has 0 saturated carbocycles. The number of anilines is 3. The number of fused-ring (bicyclic) bond motifs is 8. The van der Waals surface area contributed by atoms with Crippen LogP contribution < -0.4 is 4.90 Å². The van der Waals surface area contributed by atoms with Gasteiger partial charge in [0, 0.05) is 33.1 Å². The van der Waals surface area contributed by atoms with Gasteiger partial charge in [-0.05, 0) is 104 Å². The molecule has 1 aromatic heterocycles. The van der Waals surface area contributed by atoms with Crippen LogP contribution in [0.5, 0.6) is 0 Å². The van der Waals surface area contributed by atoms with E-state index in [2.05, 4.69) is 181 Å². The van der Waals surface area contributed by atoms with E-state index in [-0.39, 0.29) is 0 Å². The standard InChI is InChI=1S/C53H34N2O/c1-3-10-35(11-4-1)37-22-28-44(29-23-37)55(45-30-24-38(25-31-45)43-21-18-36-12-7-8-15-42(36)34-43)49-17-9-16-47-46(49)32-26-39-19-20-40-27-33-48-52(51(40)50(39)47)56-53(54-48)41-13-5-2-6-14-41/h1-34H. The zero-order valence-corrected chi connectivity index (χ0v) is 30.4. The molecule has 0 bridgehead atoms. The molecule has 0 aliphatic rings. The number of nitrogens with zero attached hydrogens (tertiary/aromatic N) is 2. The average molecular weight is 715 g/mol. The molecule has 3 nitrogen and oxygen atoms in total. The van der Waals surface area contributed by atoms with Crippen molar-refractivity contribution in [3.05, 3.63) is 206 Å². The molecule has 0 N–H and O–H groups in total. The molecule has 11 aromatic rings. The Morgan fingerprint density at radius 3 is 1.64 bits per heavy atom. The van der Waals surface area contributed by atoms with Crippen LogP contribution >= 0.6 is 0 Å². The lowest BCUT2D eigenvalue weighted by atomic mass is 9.94. The molecule has 0 spiro atoms. The lowest BCUT2D eigenvalue weighted by Gasteiger charge is -2.27. The highest BCUT2D eigenvalue weighted by Crippen LogP contribution is 2.44. The Balaban J connectivity index is 1.10. The van der Waals surface area contributed by atoms with E-state index in [0.29, 0.717) is 5.89 Å². The van der Waals surface area contributed by atoms with Crippen molar-refractivity contribution in [1.29, 1.82) is 0 Å². The van der Waals surface area contributed by atoms with Gasteiger partial charge in [-0.1, -0.05) is 152 Å². The van der Waals surface area contributed by atoms with E-state index in [1.165, 1.54) is 33.0 Å². The summed E-state index contributed by atoms with van der Waals surface area (Å²) in [6.07, 6.45) is 0. The molecule has 56 heavy (non-hydrogen) atoms. The smallest absolute Gasteiger partial charge is 0.227 e. The number of hydrogen-bond acceptors (Lipinski definition) is 3. The maximum absolute atomic E-state index is 6.64. The summed E-state index contributed by atoms with van der Waals surface area (Å²) in [5.74, 6) is 0.628. The van der Waals surface area contributed by atoms with Crippen molar-refractivity contribution in [3.8, 4) is 33.7 Å². The van der Waals surface area contributed by atoms with Crippen LogP contribution in [0.1, 0.15) is 0 Å². The Morgan fingerprint density at radius 2 is 0.911 bits per heavy atom. The maximum Gasteiger partial charge on any atom is 0.227 e. The number of benzene rings is 10. The normalized spacial score (nSPS) is 11.6. The van der Waals surface area contributed by atoms with Crippen molar-refractivity contribution in [2.24, 2.45) is 0 Å². The molecule has 11 rings (SSSR count). The molecule has 0 unspecified atom stereocenters. The Hall–Kier alpha value is -7.49. The van der Waals surface area contributed by atoms with Gasteiger partial charge in [-0.15, -0.1) is 0 Å². The molecule has 1 heterocycles. The first kappa shape index (κ1) is 32.0. The van der Waals surface area contributed by atoms with Crippen LogP contribution in [0.2, 0.25) is 0 Å². The first-order valence-electron chi connectivity index (χ1n) is 19.0. The van der Waals surface area contributed by atoms with Crippen LogP contribution in [0.25, 0.3) is 87.9 Å². The predicted molar refractivity (Wildman–Crippen MR) is 235 cm³/mol. The van der Waals surface area contributed by atoms with Crippen LogP contribution in [0.4, 0.5) is 17.1 Å². The zero-order valence-electron chi connectivity index (χ0n) is 30.4. The van der Waals surface area contributed by atoms with E-state index in [1.807, 2.05) is 30.3 Å². The fourth-order valence-corrected chi connectivity index (χ4v) is 8.29. The van der Waals surface area contributed by atoms with E-state index in [4.69, 9.17) is 9.40 Å². The monoisotopic (exact) mass is 714 g/mol. The van der Waals surface area contributed by atoms with Gasteiger partial charge in [0.25, 0.3) is 0 Å². The molecule has 0 aliphatic heterocycles. The average Bonchev–Trinajstić information content (AvgIpc) is 3.72. The highest BCUT2D eigenvalue weighted by molar-refractivity contribution is 6.27. The maximum atomic E-state index is 6.64. The largest absolute Gasteiger partial charge is 0.435 e. The summed E-state index contributed by atoms with van der Waals surface area (Å²) in [5.41, 5.74) is 10.6. The van der Waals surface area contributed by atoms with Crippen molar-refractivity contribution in [3.63, 3.8) is 0 Å². The minimum absolute atomic E-state index is 0.628. The van der Waals surface area contributed by atoms with Gasteiger partial charge in [-0.25, -0.2) is 4.98 Å². The summed E-state index contributed by atoms with van der Waals surface area (Å²) in [7, 11) is 0. The van der Waals surface area contributed by atoms with Crippen molar-refractivity contribution in [2.75, 3.05) is 4.90 Å². The topological polar surface area (TPSA) is 29.3 Å². The summed E-state index contributed by atoms with van der Waals surface area (Å²) >= 11 is 0. The van der Waals surface area contributed by atoms with Gasteiger partial charge < -0.3 is 9.32 Å². The second-order valence-corrected chi connectivity index (χ2v) is 14.4. The third kappa shape index (κ3) is 5.40. The van der Waals surface area contributed by atoms with Crippen molar-refractivity contribution in [1.82, 2.24) is 4.98 Å². The molecule has 0 aliphatic carbocycles. The van der Waals surface area contributed by atoms with Gasteiger partial charge in [-0.2, -0.15) is 0 Å². The highest BCUT2D eigenvalue weighted by atomic mass is 16.3. The summed E-state index contributed by atoms with van der Waals surface area (Å²) in [6, 6.07) is 73.6. The quantitative estimate of drug-likeness (QED) is 0.161. The van der Waals surface area contributed by atoms with Crippen LogP contribution in [0.15, 0.2) is 211 Å². The van der Waals surface area contributed by atoms with Crippen LogP contribution in [0, 0.1) is 0 Å². The summed E-state index contributed by atoms with van der Waals surface area (Å²) in [6.45, 7) is 0. The number of hydrogen-bond donors (Lipinski definition) is 0. The number of oxazole rings is 1. The second-order valence-electron chi connectivity index (χ2n) is 14.4. The van der Waals surface area contributed by atoms with E-state index in [1.54, 1.807) is 0 Å². The van der Waals surface area contributed by atoms with Gasteiger partial charge in [0.05, 0.1) is 5.69 Å². The lowest BCUT2D eigenvalue weighted by Crippen LogP contribution is -2.10. The molecule has 0 atom stereocenters. The Labute approximate surface area is 324 Å². The Bertz CT molecular complexity index is 3220. The molecule has 0 radical (unpaired) electrons. The highest BCUT2D eigenvalue weighted by Gasteiger charge is 2.19. The Kier molecular flexibility index (Phi) is 7.49. The van der Waals surface area contributed by atoms with Gasteiger partial charge in [-0.3, -0.25) is 0 Å². The van der Waals surface area contributed by atoms with E-state index >= 15 is 0 Å². The molecule has 3 heteroatoms. The summed E-state index contributed by atoms with van der Waals surface area (Å²) < 4.78 is 6.64. The second kappa shape index (κ2) is 13.1. The number of aromatic nitrogens is 1. The SMILES string of the molecule is c1ccc(-c2ccc(N(c3ccc(-c4ccc5ccccc5c4)cc3)c3cccc4c3ccc3ccc5ccc6nc(-c7ccccc7)oc6c5c34)cc2)cc1. The summed E-state index contributed by atoms with van der Waals surface area (Å²) in [5, 5.41) is 9.32. The van der Waals surface area contributed by atoms with E-state index in [9.17, 15) is 0 Å². The van der Waals surface area contributed by atoms with Crippen LogP contribution in [-0.4, -0.2) is 4.98 Å². The molecular formula is C53H34N2O. The third-order valence-corrected chi connectivity index (χ3v) is 11.1. The minimum Gasteiger partial charge on any atom is -0.435 e. The molecular weight excluding hydrogens is 681 g/mol. The van der Waals surface area contributed by atoms with Gasteiger partial charge >= 0.3 is 0 Å². The Morgan fingerprint density at radius 1 is 0.357 bits per heavy atom. The predicted octanol–water partition coefficient (Wildman–Crippen LogP) is 14.9. The van der Waals surface area contributed by atoms with Crippen molar-refractivity contribution < 1.29 is 4.42 Å². The van der Waals surface area contributed by atoms with Crippen LogP contribution in [-0.2, 0) is 0 Å². The van der Waals surface area contributed by atoms with Gasteiger partial charge in [0.1, 0.15) is 5.52 Å². The third-order valence-electron chi connectivity index (χ3n) is 11.1. The van der Waals surface area contributed by atoms with Crippen molar-refractivity contribution >= 4 is 71.3 Å². The van der Waals surface area contributed by atoms with E-state index in [0.717, 1.165) is 66.0 Å². The van der Waals surface area contributed by atoms with Gasteiger partial charge in [0.15, 0.2) is 5.58 Å².